The first-order valence-electron chi connectivity index (χ1n) is 8.56. The fourth-order valence-electron chi connectivity index (χ4n) is 2.73. The number of nitrogens with one attached hydrogen (secondary N) is 1. The van der Waals surface area contributed by atoms with Crippen LogP contribution in [0.15, 0.2) is 57.7 Å². The van der Waals surface area contributed by atoms with Crippen molar-refractivity contribution in [2.45, 2.75) is 26.9 Å². The van der Waals surface area contributed by atoms with E-state index in [1.54, 1.807) is 30.3 Å². The number of amides is 1. The van der Waals surface area contributed by atoms with Crippen LogP contribution in [0, 0.1) is 0 Å². The van der Waals surface area contributed by atoms with E-state index in [9.17, 15) is 14.4 Å². The molecule has 6 heteroatoms. The zero-order valence-corrected chi connectivity index (χ0v) is 15.1. The van der Waals surface area contributed by atoms with Gasteiger partial charge >= 0.3 is 11.6 Å². The molecule has 3 rings (SSSR count). The first-order chi connectivity index (χ1) is 13.0. The van der Waals surface area contributed by atoms with Crippen LogP contribution in [0.4, 0.5) is 5.69 Å². The van der Waals surface area contributed by atoms with Gasteiger partial charge < -0.3 is 14.5 Å². The Morgan fingerprint density at radius 2 is 1.81 bits per heavy atom. The summed E-state index contributed by atoms with van der Waals surface area (Å²) in [6.07, 6.45) is 0.890. The molecule has 0 radical (unpaired) electrons. The van der Waals surface area contributed by atoms with Gasteiger partial charge in [0.1, 0.15) is 12.2 Å². The molecule has 27 heavy (non-hydrogen) atoms. The van der Waals surface area contributed by atoms with Gasteiger partial charge in [-0.3, -0.25) is 4.79 Å². The van der Waals surface area contributed by atoms with Gasteiger partial charge in [-0.25, -0.2) is 9.59 Å². The molecule has 0 aliphatic heterocycles. The van der Waals surface area contributed by atoms with Crippen molar-refractivity contribution in [1.29, 1.82) is 0 Å². The fourth-order valence-corrected chi connectivity index (χ4v) is 2.73. The highest BCUT2D eigenvalue weighted by Crippen LogP contribution is 2.22. The van der Waals surface area contributed by atoms with Crippen molar-refractivity contribution in [3.8, 4) is 0 Å². The van der Waals surface area contributed by atoms with Crippen LogP contribution in [0.25, 0.3) is 11.0 Å². The van der Waals surface area contributed by atoms with Gasteiger partial charge in [0.25, 0.3) is 0 Å². The summed E-state index contributed by atoms with van der Waals surface area (Å²) in [7, 11) is 0. The number of fused-ring (bicyclic) bond motifs is 1. The second-order valence-corrected chi connectivity index (χ2v) is 6.11. The molecule has 0 saturated carbocycles. The molecule has 0 spiro atoms. The average molecular weight is 365 g/mol. The Kier molecular flexibility index (Phi) is 5.35. The van der Waals surface area contributed by atoms with Crippen LogP contribution in [0.2, 0.25) is 0 Å². The third-order valence-corrected chi connectivity index (χ3v) is 4.11. The Labute approximate surface area is 155 Å². The van der Waals surface area contributed by atoms with Gasteiger partial charge in [0.2, 0.25) is 5.91 Å². The van der Waals surface area contributed by atoms with Gasteiger partial charge in [-0.2, -0.15) is 0 Å². The van der Waals surface area contributed by atoms with Crippen molar-refractivity contribution in [2.24, 2.45) is 0 Å². The summed E-state index contributed by atoms with van der Waals surface area (Å²) in [4.78, 5) is 35.2. The number of ether oxygens (including phenoxy) is 1. The molecule has 1 aromatic heterocycles. The summed E-state index contributed by atoms with van der Waals surface area (Å²) in [5.41, 5.74) is 2.39. The van der Waals surface area contributed by atoms with E-state index in [0.29, 0.717) is 27.8 Å². The van der Waals surface area contributed by atoms with E-state index in [-0.39, 0.29) is 12.5 Å². The van der Waals surface area contributed by atoms with Crippen molar-refractivity contribution in [3.05, 3.63) is 75.6 Å². The molecule has 1 amide bonds. The molecule has 0 aliphatic rings. The van der Waals surface area contributed by atoms with E-state index in [1.807, 2.05) is 19.1 Å². The number of esters is 1. The number of benzene rings is 2. The lowest BCUT2D eigenvalue weighted by atomic mass is 10.1. The molecule has 1 heterocycles. The maximum Gasteiger partial charge on any atom is 0.338 e. The molecule has 0 unspecified atom stereocenters. The van der Waals surface area contributed by atoms with Crippen LogP contribution in [0.1, 0.15) is 35.3 Å². The molecule has 1 N–H and O–H groups in total. The molecule has 0 fully saturated rings. The molecule has 2 aromatic carbocycles. The smallest absolute Gasteiger partial charge is 0.338 e. The van der Waals surface area contributed by atoms with Crippen molar-refractivity contribution in [1.82, 2.24) is 0 Å². The normalized spacial score (nSPS) is 10.6. The largest absolute Gasteiger partial charge is 0.457 e. The van der Waals surface area contributed by atoms with Gasteiger partial charge in [-0.05, 0) is 36.2 Å². The van der Waals surface area contributed by atoms with E-state index < -0.39 is 11.6 Å². The lowest BCUT2D eigenvalue weighted by molar-refractivity contribution is -0.114. The number of carbonyl (C=O) groups is 2. The standard InChI is InChI=1S/C21H19NO5/c1-3-14-4-6-15(7-5-14)21(25)26-12-16-10-20(24)27-19-11-17(22-13(2)23)8-9-18(16)19/h4-11H,3,12H2,1-2H3,(H,22,23). The first-order valence-corrected chi connectivity index (χ1v) is 8.56. The number of hydrogen-bond donors (Lipinski definition) is 1. The molecular weight excluding hydrogens is 346 g/mol. The molecule has 6 nitrogen and oxygen atoms in total. The molecule has 0 bridgehead atoms. The molecule has 0 atom stereocenters. The van der Waals surface area contributed by atoms with Gasteiger partial charge in [-0.15, -0.1) is 0 Å². The number of anilines is 1. The Morgan fingerprint density at radius 1 is 1.07 bits per heavy atom. The molecule has 0 saturated heterocycles. The summed E-state index contributed by atoms with van der Waals surface area (Å²) in [6.45, 7) is 3.37. The van der Waals surface area contributed by atoms with E-state index in [1.165, 1.54) is 13.0 Å². The minimum absolute atomic E-state index is 0.0596. The van der Waals surface area contributed by atoms with Crippen molar-refractivity contribution in [3.63, 3.8) is 0 Å². The number of rotatable bonds is 5. The average Bonchev–Trinajstić information content (AvgIpc) is 2.65. The minimum Gasteiger partial charge on any atom is -0.457 e. The molecular formula is C21H19NO5. The molecule has 3 aromatic rings. The van der Waals surface area contributed by atoms with Crippen LogP contribution in [0.3, 0.4) is 0 Å². The predicted octanol–water partition coefficient (Wildman–Crippen LogP) is 3.67. The number of carbonyl (C=O) groups excluding carboxylic acids is 2. The minimum atomic E-state index is -0.555. The third-order valence-electron chi connectivity index (χ3n) is 4.11. The summed E-state index contributed by atoms with van der Waals surface area (Å²) in [6, 6.07) is 13.5. The Bertz CT molecular complexity index is 1050. The zero-order chi connectivity index (χ0) is 19.4. The Morgan fingerprint density at radius 3 is 2.48 bits per heavy atom. The highest BCUT2D eigenvalue weighted by Gasteiger charge is 2.11. The first kappa shape index (κ1) is 18.4. The molecule has 138 valence electrons. The van der Waals surface area contributed by atoms with Crippen LogP contribution in [-0.4, -0.2) is 11.9 Å². The van der Waals surface area contributed by atoms with E-state index in [2.05, 4.69) is 5.32 Å². The third kappa shape index (κ3) is 4.41. The van der Waals surface area contributed by atoms with E-state index in [0.717, 1.165) is 12.0 Å². The summed E-state index contributed by atoms with van der Waals surface area (Å²) in [5, 5.41) is 3.27. The van der Waals surface area contributed by atoms with E-state index in [4.69, 9.17) is 9.15 Å². The highest BCUT2D eigenvalue weighted by atomic mass is 16.5. The number of aryl methyl sites for hydroxylation is 1. The van der Waals surface area contributed by atoms with Gasteiger partial charge in [0.15, 0.2) is 0 Å². The van der Waals surface area contributed by atoms with Gasteiger partial charge in [0.05, 0.1) is 5.56 Å². The predicted molar refractivity (Wildman–Crippen MR) is 102 cm³/mol. The van der Waals surface area contributed by atoms with Gasteiger partial charge in [0, 0.05) is 35.7 Å². The Hall–Kier alpha value is -3.41. The maximum absolute atomic E-state index is 12.2. The second-order valence-electron chi connectivity index (χ2n) is 6.11. The lowest BCUT2D eigenvalue weighted by Crippen LogP contribution is -2.09. The van der Waals surface area contributed by atoms with Crippen LogP contribution < -0.4 is 10.9 Å². The highest BCUT2D eigenvalue weighted by molar-refractivity contribution is 5.92. The van der Waals surface area contributed by atoms with E-state index >= 15 is 0 Å². The maximum atomic E-state index is 12.2. The monoisotopic (exact) mass is 365 g/mol. The summed E-state index contributed by atoms with van der Waals surface area (Å²) >= 11 is 0. The SMILES string of the molecule is CCc1ccc(C(=O)OCc2cc(=O)oc3cc(NC(C)=O)ccc23)cc1. The Balaban J connectivity index is 1.82. The molecule has 0 aliphatic carbocycles. The summed E-state index contributed by atoms with van der Waals surface area (Å²) < 4.78 is 10.6. The summed E-state index contributed by atoms with van der Waals surface area (Å²) in [5.74, 6) is -0.690. The lowest BCUT2D eigenvalue weighted by Gasteiger charge is -2.09. The zero-order valence-electron chi connectivity index (χ0n) is 15.1. The fraction of sp³-hybridized carbons (Fsp3) is 0.190. The quantitative estimate of drug-likeness (QED) is 0.551. The second kappa shape index (κ2) is 7.86. The number of hydrogen-bond acceptors (Lipinski definition) is 5. The van der Waals surface area contributed by atoms with Crippen LogP contribution >= 0.6 is 0 Å². The van der Waals surface area contributed by atoms with Crippen molar-refractivity contribution in [2.75, 3.05) is 5.32 Å². The van der Waals surface area contributed by atoms with Crippen molar-refractivity contribution >= 4 is 28.5 Å². The van der Waals surface area contributed by atoms with Crippen LogP contribution in [-0.2, 0) is 22.6 Å². The van der Waals surface area contributed by atoms with Gasteiger partial charge in [-0.1, -0.05) is 19.1 Å². The topological polar surface area (TPSA) is 85.6 Å². The van der Waals surface area contributed by atoms with Crippen LogP contribution in [0.5, 0.6) is 0 Å². The van der Waals surface area contributed by atoms with Crippen molar-refractivity contribution < 1.29 is 18.7 Å².